The van der Waals surface area contributed by atoms with Gasteiger partial charge in [0.1, 0.15) is 0 Å². The maximum absolute atomic E-state index is 3.65. The van der Waals surface area contributed by atoms with Gasteiger partial charge in [-0.3, -0.25) is 0 Å². The van der Waals surface area contributed by atoms with E-state index in [0.29, 0.717) is 0 Å². The molecule has 4 nitrogen and oxygen atoms in total. The van der Waals surface area contributed by atoms with Gasteiger partial charge in [0.2, 0.25) is 0 Å². The highest BCUT2D eigenvalue weighted by Crippen LogP contribution is 2.20. The summed E-state index contributed by atoms with van der Waals surface area (Å²) in [6.45, 7) is 6.78. The first kappa shape index (κ1) is 28.5. The van der Waals surface area contributed by atoms with Crippen LogP contribution in [-0.4, -0.2) is 0 Å². The predicted molar refractivity (Wildman–Crippen MR) is 183 cm³/mol. The Morgan fingerprint density at radius 3 is 0.727 bits per heavy atom. The van der Waals surface area contributed by atoms with Gasteiger partial charge in [-0.25, -0.2) is 0 Å². The first-order chi connectivity index (χ1) is 21.7. The number of rotatable bonds is 0. The molecule has 0 saturated heterocycles. The lowest BCUT2D eigenvalue weighted by molar-refractivity contribution is 0.680. The van der Waals surface area contributed by atoms with Crippen LogP contribution < -0.4 is 21.3 Å². The Labute approximate surface area is 260 Å². The Balaban J connectivity index is 1.09. The maximum atomic E-state index is 3.65. The van der Waals surface area contributed by atoms with Gasteiger partial charge in [0.05, 0.1) is 0 Å². The third-order valence-electron chi connectivity index (χ3n) is 8.55. The van der Waals surface area contributed by atoms with E-state index in [1.165, 1.54) is 66.1 Å². The van der Waals surface area contributed by atoms with Gasteiger partial charge in [0, 0.05) is 52.4 Å². The molecule has 6 aromatic rings. The second-order valence-electron chi connectivity index (χ2n) is 12.1. The summed E-state index contributed by atoms with van der Waals surface area (Å²) in [6.07, 6.45) is 0. The Morgan fingerprint density at radius 2 is 0.477 bits per heavy atom. The third kappa shape index (κ3) is 7.24. The van der Waals surface area contributed by atoms with E-state index in [9.17, 15) is 0 Å². The molecule has 4 heteroatoms. The van der Waals surface area contributed by atoms with Gasteiger partial charge in [0.15, 0.2) is 0 Å². The number of hydrogen-bond donors (Lipinski definition) is 4. The summed E-state index contributed by atoms with van der Waals surface area (Å²) in [6, 6.07) is 45.0. The van der Waals surface area contributed by atoms with Crippen molar-refractivity contribution in [1.29, 1.82) is 0 Å². The van der Waals surface area contributed by atoms with Gasteiger partial charge in [0.25, 0.3) is 0 Å². The molecule has 220 valence electrons. The highest BCUT2D eigenvalue weighted by Gasteiger charge is 2.04. The van der Waals surface area contributed by atoms with Gasteiger partial charge in [-0.05, 0) is 90.3 Å². The van der Waals surface area contributed by atoms with E-state index in [1.54, 1.807) is 0 Å². The van der Waals surface area contributed by atoms with Crippen molar-refractivity contribution in [3.8, 4) is 0 Å². The van der Waals surface area contributed by atoms with Crippen molar-refractivity contribution in [2.45, 2.75) is 52.4 Å². The van der Waals surface area contributed by atoms with E-state index in [2.05, 4.69) is 143 Å². The molecule has 6 aromatic carbocycles. The van der Waals surface area contributed by atoms with Crippen LogP contribution in [0, 0.1) is 0 Å². The highest BCUT2D eigenvalue weighted by atomic mass is 14.9. The van der Waals surface area contributed by atoms with Gasteiger partial charge in [-0.1, -0.05) is 97.1 Å². The van der Waals surface area contributed by atoms with Crippen molar-refractivity contribution in [3.63, 3.8) is 0 Å². The third-order valence-corrected chi connectivity index (χ3v) is 8.55. The minimum absolute atomic E-state index is 0.847. The van der Waals surface area contributed by atoms with Crippen LogP contribution in [0.3, 0.4) is 0 Å². The number of hydrogen-bond acceptors (Lipinski definition) is 4. The SMILES string of the molecule is c1cc2cc(c1)CNCc1ccc3cc(ccc3c1)CNCc1cccc(c1)CNCc1ccc3cc(ccc3c1)CNC2. The molecule has 0 aliphatic carbocycles. The zero-order valence-electron chi connectivity index (χ0n) is 25.2. The second-order valence-corrected chi connectivity index (χ2v) is 12.1. The molecule has 0 aromatic heterocycles. The standard InChI is InChI=1S/C40H40N4/c1-3-29-15-30(4-1)22-42-26-34-8-12-40-20-36(10-14-38(40)18-34)28-44-24-32-6-2-5-31(16-32)23-43-27-35-9-13-37-17-33(25-41-21-29)7-11-39(37)19-35/h1-20,41-44H,21-28H2. The molecule has 0 unspecified atom stereocenters. The molecule has 4 N–H and O–H groups in total. The quantitative estimate of drug-likeness (QED) is 0.152. The Bertz CT molecular complexity index is 1630. The van der Waals surface area contributed by atoms with Crippen molar-refractivity contribution in [2.24, 2.45) is 0 Å². The molecule has 0 atom stereocenters. The highest BCUT2D eigenvalue weighted by molar-refractivity contribution is 5.84. The average Bonchev–Trinajstić information content (AvgIpc) is 3.05. The van der Waals surface area contributed by atoms with Crippen LogP contribution in [0.1, 0.15) is 44.5 Å². The normalized spacial score (nSPS) is 15.1. The summed E-state index contributed by atoms with van der Waals surface area (Å²) in [5, 5.41) is 19.7. The van der Waals surface area contributed by atoms with Gasteiger partial charge < -0.3 is 21.3 Å². The van der Waals surface area contributed by atoms with Crippen LogP contribution in [0.5, 0.6) is 0 Å². The molecule has 0 saturated carbocycles. The van der Waals surface area contributed by atoms with Crippen LogP contribution in [0.15, 0.2) is 121 Å². The fourth-order valence-corrected chi connectivity index (χ4v) is 6.23. The van der Waals surface area contributed by atoms with Crippen LogP contribution in [0.25, 0.3) is 21.5 Å². The fourth-order valence-electron chi connectivity index (χ4n) is 6.23. The van der Waals surface area contributed by atoms with Crippen molar-refractivity contribution < 1.29 is 0 Å². The van der Waals surface area contributed by atoms with Crippen LogP contribution in [-0.2, 0) is 52.4 Å². The summed E-state index contributed by atoms with van der Waals surface area (Å²) >= 11 is 0. The predicted octanol–water partition coefficient (Wildman–Crippen LogP) is 7.47. The minimum Gasteiger partial charge on any atom is -0.309 e. The Kier molecular flexibility index (Phi) is 8.76. The van der Waals surface area contributed by atoms with Gasteiger partial charge in [-0.15, -0.1) is 0 Å². The first-order valence-electron chi connectivity index (χ1n) is 15.8. The Morgan fingerprint density at radius 1 is 0.250 bits per heavy atom. The molecule has 0 fully saturated rings. The van der Waals surface area contributed by atoms with Crippen molar-refractivity contribution in [2.75, 3.05) is 0 Å². The van der Waals surface area contributed by atoms with Crippen molar-refractivity contribution in [3.05, 3.63) is 166 Å². The summed E-state index contributed by atoms with van der Waals surface area (Å²) < 4.78 is 0. The lowest BCUT2D eigenvalue weighted by atomic mass is 10.0. The average molecular weight is 577 g/mol. The molecule has 8 aliphatic rings. The molecule has 12 bridgehead atoms. The summed E-state index contributed by atoms with van der Waals surface area (Å²) in [5.74, 6) is 0. The first-order valence-corrected chi connectivity index (χ1v) is 15.8. The largest absolute Gasteiger partial charge is 0.309 e. The molecule has 0 amide bonds. The minimum atomic E-state index is 0.847. The topological polar surface area (TPSA) is 48.1 Å². The lowest BCUT2D eigenvalue weighted by Crippen LogP contribution is -2.15. The molecular weight excluding hydrogens is 536 g/mol. The monoisotopic (exact) mass is 576 g/mol. The lowest BCUT2D eigenvalue weighted by Gasteiger charge is -2.11. The van der Waals surface area contributed by atoms with Crippen LogP contribution >= 0.6 is 0 Å². The summed E-state index contributed by atoms with van der Waals surface area (Å²) in [5.41, 5.74) is 10.5. The van der Waals surface area contributed by atoms with Gasteiger partial charge >= 0.3 is 0 Å². The molecule has 0 radical (unpaired) electrons. The van der Waals surface area contributed by atoms with E-state index < -0.39 is 0 Å². The smallest absolute Gasteiger partial charge is 0.0208 e. The zero-order valence-corrected chi connectivity index (χ0v) is 25.2. The Hall–Kier alpha value is -4.32. The van der Waals surface area contributed by atoms with E-state index in [0.717, 1.165) is 52.4 Å². The van der Waals surface area contributed by atoms with E-state index >= 15 is 0 Å². The molecule has 8 aliphatic heterocycles. The van der Waals surface area contributed by atoms with E-state index in [-0.39, 0.29) is 0 Å². The summed E-state index contributed by atoms with van der Waals surface area (Å²) in [7, 11) is 0. The summed E-state index contributed by atoms with van der Waals surface area (Å²) in [4.78, 5) is 0. The maximum Gasteiger partial charge on any atom is 0.0208 e. The molecular formula is C40H40N4. The van der Waals surface area contributed by atoms with E-state index in [1.807, 2.05) is 0 Å². The fraction of sp³-hybridized carbons (Fsp3) is 0.200. The molecule has 44 heavy (non-hydrogen) atoms. The molecule has 8 heterocycles. The zero-order chi connectivity index (χ0) is 29.6. The van der Waals surface area contributed by atoms with E-state index in [4.69, 9.17) is 0 Å². The van der Waals surface area contributed by atoms with Crippen molar-refractivity contribution in [1.82, 2.24) is 21.3 Å². The van der Waals surface area contributed by atoms with Crippen molar-refractivity contribution >= 4 is 21.5 Å². The number of nitrogens with one attached hydrogen (secondary N) is 4. The van der Waals surface area contributed by atoms with Crippen LogP contribution in [0.4, 0.5) is 0 Å². The van der Waals surface area contributed by atoms with Gasteiger partial charge in [-0.2, -0.15) is 0 Å². The van der Waals surface area contributed by atoms with Crippen LogP contribution in [0.2, 0.25) is 0 Å². The molecule has 14 rings (SSSR count). The number of benzene rings is 6. The second kappa shape index (κ2) is 13.5. The molecule has 0 spiro atoms.